The Morgan fingerprint density at radius 3 is 1.08 bits per heavy atom. The minimum Gasteiger partial charge on any atom is -0.0790 e. The molecule has 0 N–H and O–H groups in total. The predicted molar refractivity (Wildman–Crippen MR) is 220 cm³/mol. The summed E-state index contributed by atoms with van der Waals surface area (Å²) in [4.78, 5) is 0. The van der Waals surface area contributed by atoms with Gasteiger partial charge in [0.1, 0.15) is 0 Å². The minimum absolute atomic E-state index is 0.290. The Morgan fingerprint density at radius 1 is 0.449 bits per heavy atom. The van der Waals surface area contributed by atoms with Gasteiger partial charge in [-0.3, -0.25) is 0 Å². The number of rotatable bonds is 12. The van der Waals surface area contributed by atoms with E-state index in [1.807, 2.05) is 0 Å². The molecule has 49 heavy (non-hydrogen) atoms. The summed E-state index contributed by atoms with van der Waals surface area (Å²) in [5.74, 6) is 2.72. The quantitative estimate of drug-likeness (QED) is 0.104. The largest absolute Gasteiger partial charge is 0.158 e. The third-order valence-corrected chi connectivity index (χ3v) is 15.9. The van der Waals surface area contributed by atoms with Crippen molar-refractivity contribution in [2.24, 2.45) is 0 Å². The van der Waals surface area contributed by atoms with Crippen LogP contribution in [0.2, 0.25) is 5.54 Å². The van der Waals surface area contributed by atoms with E-state index >= 15 is 0 Å². The topological polar surface area (TPSA) is 0 Å². The smallest absolute Gasteiger partial charge is 0.0790 e. The second kappa shape index (κ2) is 15.2. The molecule has 1 aliphatic carbocycles. The summed E-state index contributed by atoms with van der Waals surface area (Å²) in [7, 11) is -2.78. The van der Waals surface area contributed by atoms with Crippen LogP contribution in [0.1, 0.15) is 158 Å². The summed E-state index contributed by atoms with van der Waals surface area (Å²) >= 11 is 0. The highest BCUT2D eigenvalue weighted by Crippen LogP contribution is 2.37. The van der Waals surface area contributed by atoms with Gasteiger partial charge in [0.2, 0.25) is 0 Å². The van der Waals surface area contributed by atoms with Crippen molar-refractivity contribution < 1.29 is 0 Å². The maximum absolute atomic E-state index is 2.78. The van der Waals surface area contributed by atoms with E-state index in [1.165, 1.54) is 44.5 Å². The van der Waals surface area contributed by atoms with Crippen molar-refractivity contribution in [1.29, 1.82) is 0 Å². The first-order chi connectivity index (χ1) is 23.2. The lowest BCUT2D eigenvalue weighted by atomic mass is 9.95. The monoisotopic (exact) mass is 666 g/mol. The predicted octanol–water partition coefficient (Wildman–Crippen LogP) is 12.0. The van der Waals surface area contributed by atoms with E-state index in [9.17, 15) is 0 Å². The van der Waals surface area contributed by atoms with Crippen molar-refractivity contribution in [3.63, 3.8) is 0 Å². The lowest BCUT2D eigenvalue weighted by Crippen LogP contribution is -2.69. The molecule has 0 spiro atoms. The SMILES string of the molecule is CC(C)c1cc(C(C)C)cc([Si](c2cc(C(C)C)cc(C(C)C)c2)(c2cc(C(C)C)cc(C(C)C)c2)C2C=CC(Cc3ccccc3)=C2)c1. The van der Waals surface area contributed by atoms with Gasteiger partial charge in [-0.1, -0.05) is 186 Å². The molecular weight excluding hydrogens is 605 g/mol. The van der Waals surface area contributed by atoms with Crippen molar-refractivity contribution >= 4 is 23.6 Å². The standard InChI is InChI=1S/C48H62Si/c1-31(2)39-22-40(32(3)4)26-46(25-39)49(47-27-41(33(5)6)23-42(28-47)34(7)8,48-29-43(35(9)10)24-44(30-48)36(11)12)45-19-18-38(21-45)20-37-16-14-13-15-17-37/h13-19,21-36,45H,20H2,1-12H3. The van der Waals surface area contributed by atoms with Crippen LogP contribution in [0.25, 0.3) is 0 Å². The van der Waals surface area contributed by atoms with Crippen LogP contribution < -0.4 is 15.6 Å². The molecule has 0 amide bonds. The number of hydrogen-bond acceptors (Lipinski definition) is 0. The summed E-state index contributed by atoms with van der Waals surface area (Å²) in [5.41, 5.74) is 11.9. The van der Waals surface area contributed by atoms with Crippen LogP contribution in [-0.2, 0) is 6.42 Å². The van der Waals surface area contributed by atoms with E-state index in [4.69, 9.17) is 0 Å². The van der Waals surface area contributed by atoms with E-state index in [-0.39, 0.29) is 0 Å². The van der Waals surface area contributed by atoms with E-state index in [0.29, 0.717) is 41.0 Å². The van der Waals surface area contributed by atoms with Gasteiger partial charge in [0.05, 0.1) is 0 Å². The highest BCUT2D eigenvalue weighted by Gasteiger charge is 2.47. The Morgan fingerprint density at radius 2 is 0.776 bits per heavy atom. The van der Waals surface area contributed by atoms with Gasteiger partial charge in [0.25, 0.3) is 0 Å². The number of benzene rings is 4. The number of allylic oxidation sites excluding steroid dienone is 4. The van der Waals surface area contributed by atoms with Crippen LogP contribution in [0.5, 0.6) is 0 Å². The molecule has 258 valence electrons. The van der Waals surface area contributed by atoms with Crippen molar-refractivity contribution in [2.75, 3.05) is 0 Å². The van der Waals surface area contributed by atoms with Crippen molar-refractivity contribution in [1.82, 2.24) is 0 Å². The van der Waals surface area contributed by atoms with Gasteiger partial charge in [-0.25, -0.2) is 0 Å². The number of hydrogen-bond donors (Lipinski definition) is 0. The van der Waals surface area contributed by atoms with Crippen molar-refractivity contribution in [3.8, 4) is 0 Å². The highest BCUT2D eigenvalue weighted by atomic mass is 28.3. The molecule has 0 nitrogen and oxygen atoms in total. The third-order valence-electron chi connectivity index (χ3n) is 11.0. The molecule has 5 rings (SSSR count). The molecule has 1 unspecified atom stereocenters. The molecule has 1 atom stereocenters. The summed E-state index contributed by atoms with van der Waals surface area (Å²) in [6.07, 6.45) is 8.69. The first kappa shape index (κ1) is 36.8. The fraction of sp³-hybridized carbons (Fsp3) is 0.417. The van der Waals surface area contributed by atoms with Crippen LogP contribution >= 0.6 is 0 Å². The van der Waals surface area contributed by atoms with Crippen LogP contribution in [-0.4, -0.2) is 8.07 Å². The normalized spacial score (nSPS) is 15.1. The first-order valence-electron chi connectivity index (χ1n) is 19.1. The zero-order valence-corrected chi connectivity index (χ0v) is 33.6. The zero-order valence-electron chi connectivity index (χ0n) is 32.6. The molecular formula is C48H62Si. The fourth-order valence-electron chi connectivity index (χ4n) is 7.58. The molecule has 0 heterocycles. The maximum Gasteiger partial charge on any atom is 0.158 e. The summed E-state index contributed by atoms with van der Waals surface area (Å²) in [5, 5.41) is 4.67. The molecule has 0 aromatic heterocycles. The Balaban J connectivity index is 1.98. The molecule has 0 bridgehead atoms. The minimum atomic E-state index is -2.78. The Labute approximate surface area is 300 Å². The van der Waals surface area contributed by atoms with E-state index in [1.54, 1.807) is 15.6 Å². The molecule has 1 heteroatoms. The molecule has 1 aliphatic rings. The van der Waals surface area contributed by atoms with Crippen LogP contribution in [0.4, 0.5) is 0 Å². The Hall–Kier alpha value is -3.42. The highest BCUT2D eigenvalue weighted by molar-refractivity contribution is 7.13. The van der Waals surface area contributed by atoms with E-state index in [2.05, 4.69) is 186 Å². The maximum atomic E-state index is 2.67. The van der Waals surface area contributed by atoms with Gasteiger partial charge in [0, 0.05) is 5.54 Å². The van der Waals surface area contributed by atoms with Gasteiger partial charge < -0.3 is 0 Å². The fourth-order valence-corrected chi connectivity index (χ4v) is 12.9. The first-order valence-corrected chi connectivity index (χ1v) is 21.2. The van der Waals surface area contributed by atoms with Gasteiger partial charge in [0.15, 0.2) is 8.07 Å². The molecule has 0 fully saturated rings. The molecule has 0 radical (unpaired) electrons. The van der Waals surface area contributed by atoms with Gasteiger partial charge in [-0.2, -0.15) is 0 Å². The second-order valence-electron chi connectivity index (χ2n) is 16.7. The zero-order chi connectivity index (χ0) is 35.6. The van der Waals surface area contributed by atoms with Crippen LogP contribution in [0.15, 0.2) is 109 Å². The Bertz CT molecular complexity index is 1560. The van der Waals surface area contributed by atoms with Gasteiger partial charge in [-0.05, 0) is 102 Å². The Kier molecular flexibility index (Phi) is 11.4. The summed E-state index contributed by atoms with van der Waals surface area (Å²) < 4.78 is 0. The van der Waals surface area contributed by atoms with Gasteiger partial charge in [-0.15, -0.1) is 0 Å². The van der Waals surface area contributed by atoms with E-state index < -0.39 is 8.07 Å². The average Bonchev–Trinajstić information content (AvgIpc) is 3.53. The average molecular weight is 667 g/mol. The second-order valence-corrected chi connectivity index (χ2v) is 20.7. The summed E-state index contributed by atoms with van der Waals surface area (Å²) in [6.45, 7) is 28.4. The lowest BCUT2D eigenvalue weighted by molar-refractivity contribution is 0.834. The lowest BCUT2D eigenvalue weighted by Gasteiger charge is -2.40. The van der Waals surface area contributed by atoms with Crippen LogP contribution in [0, 0.1) is 0 Å². The van der Waals surface area contributed by atoms with Crippen molar-refractivity contribution in [2.45, 2.75) is 131 Å². The third kappa shape index (κ3) is 7.83. The molecule has 0 aliphatic heterocycles. The molecule has 4 aromatic rings. The van der Waals surface area contributed by atoms with Gasteiger partial charge >= 0.3 is 0 Å². The molecule has 0 saturated heterocycles. The summed E-state index contributed by atoms with van der Waals surface area (Å²) in [6, 6.07) is 34.3. The van der Waals surface area contributed by atoms with E-state index in [0.717, 1.165) is 6.42 Å². The molecule has 0 saturated carbocycles. The molecule has 4 aromatic carbocycles. The van der Waals surface area contributed by atoms with Crippen molar-refractivity contribution in [3.05, 3.63) is 148 Å². The van der Waals surface area contributed by atoms with Crippen LogP contribution in [0.3, 0.4) is 0 Å².